The minimum absolute atomic E-state index is 0.0556. The van der Waals surface area contributed by atoms with Gasteiger partial charge in [0.25, 0.3) is 0 Å². The maximum atomic E-state index is 11.5. The van der Waals surface area contributed by atoms with E-state index in [2.05, 4.69) is 6.92 Å². The fourth-order valence-corrected chi connectivity index (χ4v) is 2.05. The number of carbonyl (C=O) groups is 1. The highest BCUT2D eigenvalue weighted by Crippen LogP contribution is 2.43. The zero-order chi connectivity index (χ0) is 9.52. The highest BCUT2D eigenvalue weighted by atomic mass is 16.5. The molecular formula is C10H18O2. The first-order valence-electron chi connectivity index (χ1n) is 4.57. The van der Waals surface area contributed by atoms with E-state index >= 15 is 0 Å². The Bertz CT molecular complexity index is 200. The van der Waals surface area contributed by atoms with Crippen molar-refractivity contribution in [3.8, 4) is 0 Å². The predicted molar refractivity (Wildman–Crippen MR) is 48.0 cm³/mol. The molecule has 1 rings (SSSR count). The molecule has 0 aliphatic carbocycles. The second kappa shape index (κ2) is 2.84. The van der Waals surface area contributed by atoms with Gasteiger partial charge in [0.2, 0.25) is 0 Å². The molecule has 0 aromatic rings. The molecule has 0 aromatic heterocycles. The summed E-state index contributed by atoms with van der Waals surface area (Å²) in [6.45, 7) is 9.79. The molecule has 0 unspecified atom stereocenters. The van der Waals surface area contributed by atoms with Gasteiger partial charge in [-0.3, -0.25) is 4.79 Å². The van der Waals surface area contributed by atoms with E-state index in [0.717, 1.165) is 0 Å². The Labute approximate surface area is 74.3 Å². The van der Waals surface area contributed by atoms with E-state index in [0.29, 0.717) is 5.92 Å². The van der Waals surface area contributed by atoms with Crippen LogP contribution in [0.1, 0.15) is 34.6 Å². The predicted octanol–water partition coefficient (Wildman–Crippen LogP) is 2.02. The Hall–Kier alpha value is -0.370. The molecule has 1 saturated heterocycles. The molecular weight excluding hydrogens is 152 g/mol. The number of hydrogen-bond donors (Lipinski definition) is 0. The molecule has 2 nitrogen and oxygen atoms in total. The van der Waals surface area contributed by atoms with E-state index in [9.17, 15) is 4.79 Å². The van der Waals surface area contributed by atoms with Gasteiger partial charge in [-0.15, -0.1) is 0 Å². The average Bonchev–Trinajstić information content (AvgIpc) is 2.16. The summed E-state index contributed by atoms with van der Waals surface area (Å²) < 4.78 is 5.63. The Morgan fingerprint density at radius 1 is 1.33 bits per heavy atom. The number of rotatable bonds is 1. The van der Waals surface area contributed by atoms with Crippen LogP contribution in [0.15, 0.2) is 0 Å². The molecule has 4 atom stereocenters. The van der Waals surface area contributed by atoms with Crippen LogP contribution < -0.4 is 0 Å². The highest BCUT2D eigenvalue weighted by molar-refractivity contribution is 5.83. The standard InChI is InChI=1S/C10H18O2/c1-6-7(2)12-9(4)10(6,5)8(3)11/h6-7,9H,1-5H3/t6-,7+,9-,10+/m0/s1. The van der Waals surface area contributed by atoms with Crippen LogP contribution >= 0.6 is 0 Å². The van der Waals surface area contributed by atoms with Gasteiger partial charge in [-0.1, -0.05) is 6.92 Å². The van der Waals surface area contributed by atoms with Crippen molar-refractivity contribution >= 4 is 5.78 Å². The van der Waals surface area contributed by atoms with Crippen LogP contribution in [0, 0.1) is 11.3 Å². The largest absolute Gasteiger partial charge is 0.374 e. The first-order valence-corrected chi connectivity index (χ1v) is 4.57. The minimum Gasteiger partial charge on any atom is -0.374 e. The summed E-state index contributed by atoms with van der Waals surface area (Å²) in [5.41, 5.74) is -0.278. The summed E-state index contributed by atoms with van der Waals surface area (Å²) in [5, 5.41) is 0. The molecule has 0 amide bonds. The number of ketones is 1. The second-order valence-corrected chi connectivity index (χ2v) is 4.11. The van der Waals surface area contributed by atoms with Crippen molar-refractivity contribution in [3.63, 3.8) is 0 Å². The van der Waals surface area contributed by atoms with Gasteiger partial charge in [0, 0.05) is 0 Å². The summed E-state index contributed by atoms with van der Waals surface area (Å²) in [7, 11) is 0. The van der Waals surface area contributed by atoms with Crippen LogP contribution in [0.5, 0.6) is 0 Å². The quantitative estimate of drug-likeness (QED) is 0.602. The van der Waals surface area contributed by atoms with Gasteiger partial charge in [-0.2, -0.15) is 0 Å². The third-order valence-corrected chi connectivity index (χ3v) is 3.67. The van der Waals surface area contributed by atoms with Gasteiger partial charge in [-0.25, -0.2) is 0 Å². The molecule has 1 aliphatic rings. The normalized spacial score (nSPS) is 47.9. The van der Waals surface area contributed by atoms with E-state index in [1.165, 1.54) is 0 Å². The van der Waals surface area contributed by atoms with Crippen LogP contribution in [0.3, 0.4) is 0 Å². The Morgan fingerprint density at radius 3 is 2.00 bits per heavy atom. The Kier molecular flexibility index (Phi) is 2.30. The summed E-state index contributed by atoms with van der Waals surface area (Å²) in [6.07, 6.45) is 0.258. The highest BCUT2D eigenvalue weighted by Gasteiger charge is 2.50. The van der Waals surface area contributed by atoms with Crippen molar-refractivity contribution < 1.29 is 9.53 Å². The van der Waals surface area contributed by atoms with Gasteiger partial charge in [0.05, 0.1) is 17.6 Å². The third-order valence-electron chi connectivity index (χ3n) is 3.67. The second-order valence-electron chi connectivity index (χ2n) is 4.11. The van der Waals surface area contributed by atoms with Gasteiger partial charge < -0.3 is 4.74 Å². The van der Waals surface area contributed by atoms with Crippen molar-refractivity contribution in [2.24, 2.45) is 11.3 Å². The monoisotopic (exact) mass is 170 g/mol. The number of Topliss-reactive ketones (excluding diaryl/α,β-unsaturated/α-hetero) is 1. The van der Waals surface area contributed by atoms with Crippen molar-refractivity contribution in [3.05, 3.63) is 0 Å². The first-order chi connectivity index (χ1) is 5.40. The molecule has 12 heavy (non-hydrogen) atoms. The summed E-state index contributed by atoms with van der Waals surface area (Å²) in [5.74, 6) is 0.567. The lowest BCUT2D eigenvalue weighted by molar-refractivity contribution is -0.129. The average molecular weight is 170 g/mol. The molecule has 0 aromatic carbocycles. The molecule has 0 radical (unpaired) electrons. The molecule has 0 N–H and O–H groups in total. The smallest absolute Gasteiger partial charge is 0.138 e. The van der Waals surface area contributed by atoms with Crippen molar-refractivity contribution in [2.45, 2.75) is 46.8 Å². The van der Waals surface area contributed by atoms with E-state index in [4.69, 9.17) is 4.74 Å². The first kappa shape index (κ1) is 9.72. The summed E-state index contributed by atoms with van der Waals surface area (Å²) >= 11 is 0. The number of hydrogen-bond acceptors (Lipinski definition) is 2. The Morgan fingerprint density at radius 2 is 1.83 bits per heavy atom. The van der Waals surface area contributed by atoms with Crippen molar-refractivity contribution in [2.75, 3.05) is 0 Å². The van der Waals surface area contributed by atoms with Gasteiger partial charge in [0.1, 0.15) is 5.78 Å². The zero-order valence-electron chi connectivity index (χ0n) is 8.55. The lowest BCUT2D eigenvalue weighted by Crippen LogP contribution is -2.37. The van der Waals surface area contributed by atoms with Crippen LogP contribution in [-0.2, 0) is 9.53 Å². The van der Waals surface area contributed by atoms with Crippen LogP contribution in [0.4, 0.5) is 0 Å². The van der Waals surface area contributed by atoms with Crippen molar-refractivity contribution in [1.29, 1.82) is 0 Å². The summed E-state index contributed by atoms with van der Waals surface area (Å²) in [4.78, 5) is 11.5. The molecule has 2 heteroatoms. The van der Waals surface area contributed by atoms with E-state index in [-0.39, 0.29) is 23.4 Å². The van der Waals surface area contributed by atoms with E-state index < -0.39 is 0 Å². The third kappa shape index (κ3) is 1.09. The maximum Gasteiger partial charge on any atom is 0.138 e. The van der Waals surface area contributed by atoms with Gasteiger partial charge in [-0.05, 0) is 33.6 Å². The zero-order valence-corrected chi connectivity index (χ0v) is 8.55. The van der Waals surface area contributed by atoms with E-state index in [1.54, 1.807) is 6.92 Å². The molecule has 1 fully saturated rings. The van der Waals surface area contributed by atoms with Gasteiger partial charge >= 0.3 is 0 Å². The maximum absolute atomic E-state index is 11.5. The molecule has 0 bridgehead atoms. The number of carbonyl (C=O) groups excluding carboxylic acids is 1. The van der Waals surface area contributed by atoms with Crippen LogP contribution in [0.25, 0.3) is 0 Å². The van der Waals surface area contributed by atoms with Crippen LogP contribution in [0.2, 0.25) is 0 Å². The van der Waals surface area contributed by atoms with E-state index in [1.807, 2.05) is 20.8 Å². The van der Waals surface area contributed by atoms with Crippen molar-refractivity contribution in [1.82, 2.24) is 0 Å². The number of ether oxygens (including phenoxy) is 1. The van der Waals surface area contributed by atoms with Gasteiger partial charge in [0.15, 0.2) is 0 Å². The fraction of sp³-hybridized carbons (Fsp3) is 0.900. The lowest BCUT2D eigenvalue weighted by Gasteiger charge is -2.28. The SMILES string of the molecule is CC(=O)[C@]1(C)[C@H](C)O[C@H](C)[C@@H]1C. The molecule has 0 spiro atoms. The molecule has 70 valence electrons. The lowest BCUT2D eigenvalue weighted by atomic mass is 9.72. The molecule has 1 heterocycles. The molecule has 0 saturated carbocycles. The summed E-state index contributed by atoms with van der Waals surface area (Å²) in [6, 6.07) is 0. The molecule has 1 aliphatic heterocycles. The Balaban J connectivity index is 2.95. The fourth-order valence-electron chi connectivity index (χ4n) is 2.05. The topological polar surface area (TPSA) is 26.3 Å². The minimum atomic E-state index is -0.278. The van der Waals surface area contributed by atoms with Crippen LogP contribution in [-0.4, -0.2) is 18.0 Å².